The molecule has 1 saturated heterocycles. The van der Waals surface area contributed by atoms with Crippen LogP contribution in [-0.2, 0) is 4.74 Å². The molecule has 3 nitrogen and oxygen atoms in total. The van der Waals surface area contributed by atoms with Crippen molar-refractivity contribution in [1.29, 1.82) is 0 Å². The minimum Gasteiger partial charge on any atom is -0.377 e. The summed E-state index contributed by atoms with van der Waals surface area (Å²) >= 11 is 0. The predicted molar refractivity (Wildman–Crippen MR) is 47.2 cm³/mol. The maximum absolute atomic E-state index is 5.06. The van der Waals surface area contributed by atoms with Gasteiger partial charge in [-0.1, -0.05) is 0 Å². The zero-order chi connectivity index (χ0) is 8.39. The number of hydrogen-bond donors (Lipinski definition) is 1. The molecule has 0 aromatic carbocycles. The van der Waals surface area contributed by atoms with Gasteiger partial charge in [0, 0.05) is 6.20 Å². The Morgan fingerprint density at radius 1 is 1.58 bits per heavy atom. The molecule has 1 aliphatic heterocycles. The maximum atomic E-state index is 5.06. The highest BCUT2D eigenvalue weighted by molar-refractivity contribution is 5.47. The molecule has 1 aliphatic rings. The van der Waals surface area contributed by atoms with Crippen molar-refractivity contribution in [2.75, 3.05) is 18.5 Å². The smallest absolute Gasteiger partial charge is 0.0729 e. The average Bonchev–Trinajstić information content (AvgIpc) is 2.00. The fourth-order valence-corrected chi connectivity index (χ4v) is 1.18. The number of hydrogen-bond acceptors (Lipinski definition) is 3. The maximum Gasteiger partial charge on any atom is 0.0729 e. The van der Waals surface area contributed by atoms with E-state index in [9.17, 15) is 0 Å². The molecule has 3 heteroatoms. The van der Waals surface area contributed by atoms with E-state index >= 15 is 0 Å². The van der Waals surface area contributed by atoms with Crippen molar-refractivity contribution in [3.8, 4) is 0 Å². The summed E-state index contributed by atoms with van der Waals surface area (Å²) in [5.41, 5.74) is 2.16. The molecule has 1 aromatic heterocycles. The molecule has 2 heterocycles. The number of nitrogens with one attached hydrogen (secondary N) is 1. The molecule has 1 fully saturated rings. The first-order valence-corrected chi connectivity index (χ1v) is 4.12. The molecule has 0 unspecified atom stereocenters. The largest absolute Gasteiger partial charge is 0.377 e. The highest BCUT2D eigenvalue weighted by atomic mass is 16.5. The van der Waals surface area contributed by atoms with E-state index in [2.05, 4.69) is 10.3 Å². The van der Waals surface area contributed by atoms with Gasteiger partial charge in [-0.2, -0.15) is 0 Å². The van der Waals surface area contributed by atoms with E-state index in [4.69, 9.17) is 4.74 Å². The number of pyridine rings is 1. The molecule has 2 rings (SSSR count). The number of ether oxygens (including phenoxy) is 1. The molecule has 0 amide bonds. The standard InChI is InChI=1S/C9H12N2O/c1-7-9(3-2-4-10-7)11-8-5-12-6-8/h2-4,8,11H,5-6H2,1H3. The van der Waals surface area contributed by atoms with Crippen molar-refractivity contribution < 1.29 is 4.74 Å². The van der Waals surface area contributed by atoms with Crippen LogP contribution in [0.1, 0.15) is 5.69 Å². The van der Waals surface area contributed by atoms with Crippen molar-refractivity contribution >= 4 is 5.69 Å². The summed E-state index contributed by atoms with van der Waals surface area (Å²) in [6.07, 6.45) is 1.80. The second-order valence-electron chi connectivity index (χ2n) is 3.02. The van der Waals surface area contributed by atoms with Crippen LogP contribution >= 0.6 is 0 Å². The minimum absolute atomic E-state index is 0.480. The average molecular weight is 164 g/mol. The van der Waals surface area contributed by atoms with E-state index in [-0.39, 0.29) is 0 Å². The first-order valence-electron chi connectivity index (χ1n) is 4.12. The lowest BCUT2D eigenvalue weighted by Gasteiger charge is -2.28. The molecule has 0 bridgehead atoms. The Hall–Kier alpha value is -1.09. The van der Waals surface area contributed by atoms with Crippen LogP contribution in [0.15, 0.2) is 18.3 Å². The van der Waals surface area contributed by atoms with Gasteiger partial charge in [0.1, 0.15) is 0 Å². The monoisotopic (exact) mass is 164 g/mol. The second-order valence-corrected chi connectivity index (χ2v) is 3.02. The Morgan fingerprint density at radius 3 is 3.00 bits per heavy atom. The van der Waals surface area contributed by atoms with Crippen LogP contribution in [-0.4, -0.2) is 24.2 Å². The zero-order valence-corrected chi connectivity index (χ0v) is 7.08. The predicted octanol–water partition coefficient (Wildman–Crippen LogP) is 1.20. The fraction of sp³-hybridized carbons (Fsp3) is 0.444. The lowest BCUT2D eigenvalue weighted by molar-refractivity contribution is 0.0211. The third-order valence-electron chi connectivity index (χ3n) is 2.00. The van der Waals surface area contributed by atoms with Crippen LogP contribution < -0.4 is 5.32 Å². The number of rotatable bonds is 2. The van der Waals surface area contributed by atoms with Gasteiger partial charge >= 0.3 is 0 Å². The molecule has 0 saturated carbocycles. The summed E-state index contributed by atoms with van der Waals surface area (Å²) in [4.78, 5) is 4.19. The molecule has 12 heavy (non-hydrogen) atoms. The molecular weight excluding hydrogens is 152 g/mol. The van der Waals surface area contributed by atoms with E-state index in [0.717, 1.165) is 24.6 Å². The van der Waals surface area contributed by atoms with Gasteiger partial charge in [-0.05, 0) is 19.1 Å². The molecule has 0 spiro atoms. The summed E-state index contributed by atoms with van der Waals surface area (Å²) in [5.74, 6) is 0. The summed E-state index contributed by atoms with van der Waals surface area (Å²) in [5, 5.41) is 3.36. The zero-order valence-electron chi connectivity index (χ0n) is 7.08. The fourth-order valence-electron chi connectivity index (χ4n) is 1.18. The number of anilines is 1. The number of aromatic nitrogens is 1. The van der Waals surface area contributed by atoms with E-state index in [0.29, 0.717) is 6.04 Å². The minimum atomic E-state index is 0.480. The van der Waals surface area contributed by atoms with Gasteiger partial charge < -0.3 is 10.1 Å². The first-order chi connectivity index (χ1) is 5.86. The Balaban J connectivity index is 2.06. The van der Waals surface area contributed by atoms with Gasteiger partial charge in [0.15, 0.2) is 0 Å². The van der Waals surface area contributed by atoms with E-state index < -0.39 is 0 Å². The SMILES string of the molecule is Cc1ncccc1NC1COC1. The highest BCUT2D eigenvalue weighted by Crippen LogP contribution is 2.14. The van der Waals surface area contributed by atoms with Crippen LogP contribution in [0.25, 0.3) is 0 Å². The van der Waals surface area contributed by atoms with Crippen molar-refractivity contribution in [3.05, 3.63) is 24.0 Å². The van der Waals surface area contributed by atoms with Crippen LogP contribution in [0.2, 0.25) is 0 Å². The van der Waals surface area contributed by atoms with Crippen molar-refractivity contribution in [2.45, 2.75) is 13.0 Å². The molecule has 0 radical (unpaired) electrons. The first kappa shape index (κ1) is 7.55. The molecular formula is C9H12N2O. The summed E-state index contributed by atoms with van der Waals surface area (Å²) in [7, 11) is 0. The number of nitrogens with zero attached hydrogens (tertiary/aromatic N) is 1. The quantitative estimate of drug-likeness (QED) is 0.713. The van der Waals surface area contributed by atoms with Crippen molar-refractivity contribution in [2.24, 2.45) is 0 Å². The molecule has 0 atom stereocenters. The molecule has 1 N–H and O–H groups in total. The summed E-state index contributed by atoms with van der Waals surface area (Å²) in [6, 6.07) is 4.46. The Morgan fingerprint density at radius 2 is 2.42 bits per heavy atom. The second kappa shape index (κ2) is 3.11. The molecule has 64 valence electrons. The number of aryl methyl sites for hydroxylation is 1. The summed E-state index contributed by atoms with van der Waals surface area (Å²) < 4.78 is 5.06. The van der Waals surface area contributed by atoms with Crippen LogP contribution in [0.4, 0.5) is 5.69 Å². The topological polar surface area (TPSA) is 34.2 Å². The van der Waals surface area contributed by atoms with E-state index in [1.165, 1.54) is 0 Å². The Bertz CT molecular complexity index is 271. The summed E-state index contributed by atoms with van der Waals surface area (Å²) in [6.45, 7) is 3.63. The van der Waals surface area contributed by atoms with E-state index in [1.54, 1.807) is 6.20 Å². The van der Waals surface area contributed by atoms with Crippen molar-refractivity contribution in [1.82, 2.24) is 4.98 Å². The van der Waals surface area contributed by atoms with Crippen LogP contribution in [0, 0.1) is 6.92 Å². The van der Waals surface area contributed by atoms with E-state index in [1.807, 2.05) is 19.1 Å². The highest BCUT2D eigenvalue weighted by Gasteiger charge is 2.18. The van der Waals surface area contributed by atoms with Gasteiger partial charge in [-0.15, -0.1) is 0 Å². The van der Waals surface area contributed by atoms with Gasteiger partial charge in [-0.3, -0.25) is 4.98 Å². The van der Waals surface area contributed by atoms with Crippen LogP contribution in [0.5, 0.6) is 0 Å². The van der Waals surface area contributed by atoms with Gasteiger partial charge in [-0.25, -0.2) is 0 Å². The third-order valence-corrected chi connectivity index (χ3v) is 2.00. The van der Waals surface area contributed by atoms with Gasteiger partial charge in [0.2, 0.25) is 0 Å². The molecule has 0 aliphatic carbocycles. The normalized spacial score (nSPS) is 17.1. The molecule has 1 aromatic rings. The Kier molecular flexibility index (Phi) is 1.96. The van der Waals surface area contributed by atoms with Crippen LogP contribution in [0.3, 0.4) is 0 Å². The van der Waals surface area contributed by atoms with Gasteiger partial charge in [0.05, 0.1) is 30.6 Å². The Labute approximate surface area is 71.8 Å². The third kappa shape index (κ3) is 1.41. The lowest BCUT2D eigenvalue weighted by atomic mass is 10.2. The lowest BCUT2D eigenvalue weighted by Crippen LogP contribution is -2.40. The van der Waals surface area contributed by atoms with Gasteiger partial charge in [0.25, 0.3) is 0 Å². The van der Waals surface area contributed by atoms with Crippen molar-refractivity contribution in [3.63, 3.8) is 0 Å².